The molecular formula is C20H18Cl3FN4O. The monoisotopic (exact) mass is 454 g/mol. The highest BCUT2D eigenvalue weighted by atomic mass is 35.5. The standard InChI is InChI=1S/C20H17Cl2FN4O.ClH/c1-20(10-28-9-18(24)27-20)15-7-14(2-3-16(15)23)26-17-6-12(21)4-11-5-13(22)8-25-19(11)17;/h2-8,26H,9-10H2,1H3,(H2,24,27);1H. The SMILES string of the molecule is CC1(c2cc(Nc3cc(Cl)cc4cc(Cl)cnc34)ccc2F)COCC(N)=N1.Cl. The number of pyridine rings is 1. The molecule has 9 heteroatoms. The highest BCUT2D eigenvalue weighted by molar-refractivity contribution is 6.33. The molecule has 1 aliphatic heterocycles. The Morgan fingerprint density at radius 2 is 1.93 bits per heavy atom. The van der Waals surface area contributed by atoms with Crippen molar-refractivity contribution in [3.05, 3.63) is 64.0 Å². The molecule has 3 N–H and O–H groups in total. The number of hydrogen-bond donors (Lipinski definition) is 2. The molecule has 1 atom stereocenters. The minimum absolute atomic E-state index is 0. The predicted molar refractivity (Wildman–Crippen MR) is 118 cm³/mol. The van der Waals surface area contributed by atoms with Crippen LogP contribution in [-0.4, -0.2) is 24.0 Å². The number of nitrogens with two attached hydrogens (primary N) is 1. The Kier molecular flexibility index (Phi) is 6.19. The second kappa shape index (κ2) is 8.32. The van der Waals surface area contributed by atoms with Gasteiger partial charge in [0.15, 0.2) is 0 Å². The average molecular weight is 456 g/mol. The van der Waals surface area contributed by atoms with E-state index >= 15 is 0 Å². The van der Waals surface area contributed by atoms with Crippen LogP contribution in [0.5, 0.6) is 0 Å². The largest absolute Gasteiger partial charge is 0.386 e. The van der Waals surface area contributed by atoms with Gasteiger partial charge in [-0.1, -0.05) is 23.2 Å². The molecular weight excluding hydrogens is 438 g/mol. The van der Waals surface area contributed by atoms with E-state index in [0.29, 0.717) is 38.3 Å². The molecule has 0 bridgehead atoms. The van der Waals surface area contributed by atoms with Gasteiger partial charge in [0, 0.05) is 27.9 Å². The Bertz CT molecular complexity index is 1100. The normalized spacial score (nSPS) is 18.8. The molecule has 0 saturated heterocycles. The first kappa shape index (κ1) is 21.6. The van der Waals surface area contributed by atoms with E-state index in [2.05, 4.69) is 15.3 Å². The van der Waals surface area contributed by atoms with Gasteiger partial charge in [-0.3, -0.25) is 9.98 Å². The molecule has 2 heterocycles. The number of benzene rings is 2. The molecule has 0 spiro atoms. The summed E-state index contributed by atoms with van der Waals surface area (Å²) in [5.74, 6) is -0.0376. The lowest BCUT2D eigenvalue weighted by Crippen LogP contribution is -2.38. The summed E-state index contributed by atoms with van der Waals surface area (Å²) in [4.78, 5) is 8.81. The third-order valence-electron chi connectivity index (χ3n) is 4.56. The van der Waals surface area contributed by atoms with Crippen molar-refractivity contribution in [1.29, 1.82) is 0 Å². The number of ether oxygens (including phenoxy) is 1. The maximum Gasteiger partial charge on any atom is 0.129 e. The van der Waals surface area contributed by atoms with Gasteiger partial charge in [-0.15, -0.1) is 12.4 Å². The van der Waals surface area contributed by atoms with Gasteiger partial charge in [-0.2, -0.15) is 0 Å². The third kappa shape index (κ3) is 4.41. The Morgan fingerprint density at radius 1 is 1.17 bits per heavy atom. The van der Waals surface area contributed by atoms with Crippen LogP contribution in [0.4, 0.5) is 15.8 Å². The van der Waals surface area contributed by atoms with Crippen molar-refractivity contribution >= 4 is 63.7 Å². The zero-order valence-corrected chi connectivity index (χ0v) is 17.7. The number of rotatable bonds is 3. The van der Waals surface area contributed by atoms with E-state index in [-0.39, 0.29) is 31.4 Å². The van der Waals surface area contributed by atoms with Crippen molar-refractivity contribution in [3.8, 4) is 0 Å². The maximum absolute atomic E-state index is 14.6. The molecule has 1 unspecified atom stereocenters. The van der Waals surface area contributed by atoms with Gasteiger partial charge < -0.3 is 15.8 Å². The number of nitrogens with one attached hydrogen (secondary N) is 1. The fourth-order valence-electron chi connectivity index (χ4n) is 3.33. The number of nitrogens with zero attached hydrogens (tertiary/aromatic N) is 2. The predicted octanol–water partition coefficient (Wildman–Crippen LogP) is 5.45. The molecule has 152 valence electrons. The first-order chi connectivity index (χ1) is 13.3. The lowest BCUT2D eigenvalue weighted by atomic mass is 9.91. The van der Waals surface area contributed by atoms with E-state index in [1.54, 1.807) is 43.5 Å². The van der Waals surface area contributed by atoms with E-state index < -0.39 is 5.54 Å². The van der Waals surface area contributed by atoms with Crippen LogP contribution in [0.25, 0.3) is 10.9 Å². The summed E-state index contributed by atoms with van der Waals surface area (Å²) in [5, 5.41) is 5.12. The van der Waals surface area contributed by atoms with Crippen LogP contribution in [0.1, 0.15) is 12.5 Å². The van der Waals surface area contributed by atoms with Crippen LogP contribution in [0.3, 0.4) is 0 Å². The van der Waals surface area contributed by atoms with Crippen LogP contribution in [-0.2, 0) is 10.3 Å². The molecule has 4 rings (SSSR count). The molecule has 29 heavy (non-hydrogen) atoms. The van der Waals surface area contributed by atoms with E-state index in [0.717, 1.165) is 5.39 Å². The van der Waals surface area contributed by atoms with Crippen LogP contribution in [0, 0.1) is 5.82 Å². The fraction of sp³-hybridized carbons (Fsp3) is 0.200. The van der Waals surface area contributed by atoms with Gasteiger partial charge in [-0.25, -0.2) is 4.39 Å². The highest BCUT2D eigenvalue weighted by Gasteiger charge is 2.32. The summed E-state index contributed by atoms with van der Waals surface area (Å²) in [6, 6.07) is 10.1. The van der Waals surface area contributed by atoms with Crippen molar-refractivity contribution in [3.63, 3.8) is 0 Å². The third-order valence-corrected chi connectivity index (χ3v) is 4.99. The van der Waals surface area contributed by atoms with Gasteiger partial charge in [0.25, 0.3) is 0 Å². The molecule has 0 radical (unpaired) electrons. The number of amidine groups is 1. The number of aliphatic imine (C=N–C) groups is 1. The molecule has 1 aliphatic rings. The summed E-state index contributed by atoms with van der Waals surface area (Å²) < 4.78 is 20.1. The molecule has 2 aromatic carbocycles. The Hall–Kier alpha value is -2.12. The van der Waals surface area contributed by atoms with E-state index in [1.807, 2.05) is 0 Å². The van der Waals surface area contributed by atoms with Crippen LogP contribution in [0.15, 0.2) is 47.6 Å². The van der Waals surface area contributed by atoms with Crippen LogP contribution in [0.2, 0.25) is 10.0 Å². The minimum Gasteiger partial charge on any atom is -0.386 e. The van der Waals surface area contributed by atoms with E-state index in [1.165, 1.54) is 6.07 Å². The summed E-state index contributed by atoms with van der Waals surface area (Å²) in [7, 11) is 0. The van der Waals surface area contributed by atoms with Gasteiger partial charge in [0.05, 0.1) is 22.8 Å². The quantitative estimate of drug-likeness (QED) is 0.551. The molecule has 1 aromatic heterocycles. The van der Waals surface area contributed by atoms with Gasteiger partial charge in [-0.05, 0) is 43.3 Å². The second-order valence-corrected chi connectivity index (χ2v) is 7.74. The molecule has 0 amide bonds. The maximum atomic E-state index is 14.6. The summed E-state index contributed by atoms with van der Waals surface area (Å²) in [5.41, 5.74) is 7.35. The van der Waals surface area contributed by atoms with Gasteiger partial charge in [0.2, 0.25) is 0 Å². The number of hydrogen-bond acceptors (Lipinski definition) is 5. The van der Waals surface area contributed by atoms with Crippen molar-refractivity contribution < 1.29 is 9.13 Å². The van der Waals surface area contributed by atoms with E-state index in [4.69, 9.17) is 33.7 Å². The Labute approximate surface area is 183 Å². The summed E-state index contributed by atoms with van der Waals surface area (Å²) >= 11 is 12.3. The fourth-order valence-corrected chi connectivity index (χ4v) is 3.72. The number of fused-ring (bicyclic) bond motifs is 1. The van der Waals surface area contributed by atoms with Gasteiger partial charge >= 0.3 is 0 Å². The topological polar surface area (TPSA) is 72.5 Å². The molecule has 0 saturated carbocycles. The lowest BCUT2D eigenvalue weighted by molar-refractivity contribution is 0.104. The van der Waals surface area contributed by atoms with Crippen molar-refractivity contribution in [1.82, 2.24) is 4.98 Å². The smallest absolute Gasteiger partial charge is 0.129 e. The zero-order chi connectivity index (χ0) is 19.9. The number of anilines is 2. The van der Waals surface area contributed by atoms with Crippen molar-refractivity contribution in [2.45, 2.75) is 12.5 Å². The zero-order valence-electron chi connectivity index (χ0n) is 15.4. The Morgan fingerprint density at radius 3 is 2.69 bits per heavy atom. The average Bonchev–Trinajstić information content (AvgIpc) is 2.62. The molecule has 0 fully saturated rings. The van der Waals surface area contributed by atoms with E-state index in [9.17, 15) is 4.39 Å². The summed E-state index contributed by atoms with van der Waals surface area (Å²) in [6.45, 7) is 2.28. The highest BCUT2D eigenvalue weighted by Crippen LogP contribution is 2.35. The lowest BCUT2D eigenvalue weighted by Gasteiger charge is -2.30. The number of aromatic nitrogens is 1. The minimum atomic E-state index is -0.897. The van der Waals surface area contributed by atoms with Crippen molar-refractivity contribution in [2.24, 2.45) is 10.7 Å². The van der Waals surface area contributed by atoms with Gasteiger partial charge in [0.1, 0.15) is 23.8 Å². The summed E-state index contributed by atoms with van der Waals surface area (Å²) in [6.07, 6.45) is 1.57. The Balaban J connectivity index is 0.00000240. The van der Waals surface area contributed by atoms with Crippen LogP contribution >= 0.6 is 35.6 Å². The molecule has 5 nitrogen and oxygen atoms in total. The van der Waals surface area contributed by atoms with Crippen LogP contribution < -0.4 is 11.1 Å². The second-order valence-electron chi connectivity index (χ2n) is 6.87. The first-order valence-corrected chi connectivity index (χ1v) is 9.33. The van der Waals surface area contributed by atoms with Crippen molar-refractivity contribution in [2.75, 3.05) is 18.5 Å². The first-order valence-electron chi connectivity index (χ1n) is 8.58. The number of halogens is 4. The molecule has 0 aliphatic carbocycles. The molecule has 3 aromatic rings.